The van der Waals surface area contributed by atoms with Crippen LogP contribution in [0.4, 0.5) is 9.52 Å². The topological polar surface area (TPSA) is 84.0 Å². The molecule has 0 bridgehead atoms. The van der Waals surface area contributed by atoms with Crippen LogP contribution in [0.15, 0.2) is 42.5 Å². The number of carbonyl (C=O) groups is 2. The van der Waals surface area contributed by atoms with Crippen LogP contribution in [0, 0.1) is 11.7 Å². The molecule has 3 aromatic rings. The number of benzene rings is 2. The van der Waals surface area contributed by atoms with E-state index in [4.69, 9.17) is 23.2 Å². The quantitative estimate of drug-likeness (QED) is 0.471. The first-order valence-corrected chi connectivity index (χ1v) is 11.0. The van der Waals surface area contributed by atoms with E-state index in [1.807, 2.05) is 13.8 Å². The standard InChI is InChI=1S/C21H19Cl2FN4O2S/c1-3-11(2)17(25-18(29)15-9-6-13(22)10-16(15)23)19(30)26-21-28-27-20(31-21)12-4-7-14(24)8-5-12/h4-11,17H,3H2,1-2H3,(H,25,29)(H,26,28,30). The molecule has 1 aromatic heterocycles. The zero-order valence-electron chi connectivity index (χ0n) is 16.7. The minimum atomic E-state index is -0.817. The number of nitrogens with one attached hydrogen (secondary N) is 2. The van der Waals surface area contributed by atoms with Gasteiger partial charge in [-0.2, -0.15) is 0 Å². The number of nitrogens with zero attached hydrogens (tertiary/aromatic N) is 2. The predicted octanol–water partition coefficient (Wildman–Crippen LogP) is 5.43. The molecule has 6 nitrogen and oxygen atoms in total. The lowest BCUT2D eigenvalue weighted by atomic mass is 9.98. The van der Waals surface area contributed by atoms with Gasteiger partial charge in [0.2, 0.25) is 11.0 Å². The molecule has 0 saturated heterocycles. The summed E-state index contributed by atoms with van der Waals surface area (Å²) in [7, 11) is 0. The Kier molecular flexibility index (Phi) is 7.59. The summed E-state index contributed by atoms with van der Waals surface area (Å²) < 4.78 is 13.1. The molecule has 3 rings (SSSR count). The highest BCUT2D eigenvalue weighted by atomic mass is 35.5. The van der Waals surface area contributed by atoms with Gasteiger partial charge in [0, 0.05) is 10.6 Å². The van der Waals surface area contributed by atoms with Crippen molar-refractivity contribution in [2.75, 3.05) is 5.32 Å². The zero-order chi connectivity index (χ0) is 22.5. The Labute approximate surface area is 192 Å². The lowest BCUT2D eigenvalue weighted by Crippen LogP contribution is -2.47. The van der Waals surface area contributed by atoms with Crippen molar-refractivity contribution in [1.29, 1.82) is 0 Å². The normalized spacial score (nSPS) is 12.8. The molecule has 0 fully saturated rings. The van der Waals surface area contributed by atoms with Crippen molar-refractivity contribution in [3.63, 3.8) is 0 Å². The summed E-state index contributed by atoms with van der Waals surface area (Å²) in [6.45, 7) is 3.78. The van der Waals surface area contributed by atoms with Gasteiger partial charge in [-0.05, 0) is 48.4 Å². The van der Waals surface area contributed by atoms with E-state index in [1.54, 1.807) is 18.2 Å². The highest BCUT2D eigenvalue weighted by Gasteiger charge is 2.28. The van der Waals surface area contributed by atoms with Crippen LogP contribution < -0.4 is 10.6 Å². The van der Waals surface area contributed by atoms with Gasteiger partial charge in [0.25, 0.3) is 5.91 Å². The molecule has 2 aromatic carbocycles. The van der Waals surface area contributed by atoms with Crippen molar-refractivity contribution < 1.29 is 14.0 Å². The van der Waals surface area contributed by atoms with Crippen molar-refractivity contribution in [3.8, 4) is 10.6 Å². The largest absolute Gasteiger partial charge is 0.340 e. The van der Waals surface area contributed by atoms with Gasteiger partial charge in [0.15, 0.2) is 0 Å². The number of carbonyl (C=O) groups excluding carboxylic acids is 2. The highest BCUT2D eigenvalue weighted by Crippen LogP contribution is 2.27. The molecule has 0 saturated carbocycles. The SMILES string of the molecule is CCC(C)C(NC(=O)c1ccc(Cl)cc1Cl)C(=O)Nc1nnc(-c2ccc(F)cc2)s1. The second-order valence-corrected chi connectivity index (χ2v) is 8.69. The van der Waals surface area contributed by atoms with E-state index in [0.29, 0.717) is 22.0 Å². The molecule has 2 atom stereocenters. The molecule has 2 amide bonds. The average Bonchev–Trinajstić information content (AvgIpc) is 3.20. The smallest absolute Gasteiger partial charge is 0.253 e. The van der Waals surface area contributed by atoms with Gasteiger partial charge in [0.1, 0.15) is 16.9 Å². The summed E-state index contributed by atoms with van der Waals surface area (Å²) >= 11 is 13.2. The number of anilines is 1. The van der Waals surface area contributed by atoms with Gasteiger partial charge in [0.05, 0.1) is 10.6 Å². The second-order valence-electron chi connectivity index (χ2n) is 6.87. The fourth-order valence-electron chi connectivity index (χ4n) is 2.76. The van der Waals surface area contributed by atoms with E-state index in [1.165, 1.54) is 24.3 Å². The molecule has 31 heavy (non-hydrogen) atoms. The Bertz CT molecular complexity index is 1090. The molecule has 0 spiro atoms. The molecule has 0 aliphatic rings. The van der Waals surface area contributed by atoms with Crippen molar-refractivity contribution >= 4 is 51.5 Å². The van der Waals surface area contributed by atoms with Crippen LogP contribution in [0.5, 0.6) is 0 Å². The molecule has 0 radical (unpaired) electrons. The van der Waals surface area contributed by atoms with Crippen LogP contribution >= 0.6 is 34.5 Å². The first kappa shape index (κ1) is 23.1. The minimum absolute atomic E-state index is 0.153. The van der Waals surface area contributed by atoms with Crippen molar-refractivity contribution in [2.45, 2.75) is 26.3 Å². The van der Waals surface area contributed by atoms with E-state index in [0.717, 1.165) is 11.3 Å². The highest BCUT2D eigenvalue weighted by molar-refractivity contribution is 7.18. The van der Waals surface area contributed by atoms with Crippen LogP contribution in [0.1, 0.15) is 30.6 Å². The summed E-state index contributed by atoms with van der Waals surface area (Å²) in [6.07, 6.45) is 0.656. The molecule has 162 valence electrons. The van der Waals surface area contributed by atoms with Crippen LogP contribution in [0.25, 0.3) is 10.6 Å². The summed E-state index contributed by atoms with van der Waals surface area (Å²) in [5.41, 5.74) is 0.908. The van der Waals surface area contributed by atoms with Gasteiger partial charge in [-0.3, -0.25) is 14.9 Å². The van der Waals surface area contributed by atoms with E-state index in [-0.39, 0.29) is 27.5 Å². The van der Waals surface area contributed by atoms with E-state index >= 15 is 0 Å². The third kappa shape index (κ3) is 5.78. The molecule has 2 unspecified atom stereocenters. The van der Waals surface area contributed by atoms with Gasteiger partial charge in [-0.1, -0.05) is 54.8 Å². The lowest BCUT2D eigenvalue weighted by molar-refractivity contribution is -0.119. The Morgan fingerprint density at radius 2 is 1.84 bits per heavy atom. The molecule has 0 aliphatic heterocycles. The molecule has 2 N–H and O–H groups in total. The molecule has 0 aliphatic carbocycles. The molecular weight excluding hydrogens is 462 g/mol. The maximum atomic E-state index is 13.1. The monoisotopic (exact) mass is 480 g/mol. The summed E-state index contributed by atoms with van der Waals surface area (Å²) in [5, 5.41) is 14.9. The minimum Gasteiger partial charge on any atom is -0.340 e. The van der Waals surface area contributed by atoms with Crippen LogP contribution in [0.3, 0.4) is 0 Å². The fourth-order valence-corrected chi connectivity index (χ4v) is 4.01. The Morgan fingerprint density at radius 3 is 2.48 bits per heavy atom. The Morgan fingerprint density at radius 1 is 1.13 bits per heavy atom. The van der Waals surface area contributed by atoms with Gasteiger partial charge in [-0.25, -0.2) is 4.39 Å². The molecule has 10 heteroatoms. The first-order valence-electron chi connectivity index (χ1n) is 9.44. The number of aromatic nitrogens is 2. The third-order valence-corrected chi connectivity index (χ3v) is 6.14. The van der Waals surface area contributed by atoms with Crippen molar-refractivity contribution in [3.05, 3.63) is 63.9 Å². The van der Waals surface area contributed by atoms with Gasteiger partial charge in [-0.15, -0.1) is 10.2 Å². The van der Waals surface area contributed by atoms with Gasteiger partial charge >= 0.3 is 0 Å². The van der Waals surface area contributed by atoms with Crippen molar-refractivity contribution in [2.24, 2.45) is 5.92 Å². The average molecular weight is 481 g/mol. The number of halogens is 3. The maximum Gasteiger partial charge on any atom is 0.253 e. The van der Waals surface area contributed by atoms with E-state index in [9.17, 15) is 14.0 Å². The van der Waals surface area contributed by atoms with E-state index in [2.05, 4.69) is 20.8 Å². The van der Waals surface area contributed by atoms with Crippen LogP contribution in [0.2, 0.25) is 10.0 Å². The number of amides is 2. The fraction of sp³-hybridized carbons (Fsp3) is 0.238. The lowest BCUT2D eigenvalue weighted by Gasteiger charge is -2.23. The van der Waals surface area contributed by atoms with Crippen LogP contribution in [-0.4, -0.2) is 28.1 Å². The van der Waals surface area contributed by atoms with E-state index < -0.39 is 17.9 Å². The third-order valence-electron chi connectivity index (χ3n) is 4.70. The van der Waals surface area contributed by atoms with Crippen LogP contribution in [-0.2, 0) is 4.79 Å². The number of hydrogen-bond acceptors (Lipinski definition) is 5. The summed E-state index contributed by atoms with van der Waals surface area (Å²) in [6, 6.07) is 9.52. The predicted molar refractivity (Wildman–Crippen MR) is 121 cm³/mol. The number of hydrogen-bond donors (Lipinski definition) is 2. The first-order chi connectivity index (χ1) is 14.8. The second kappa shape index (κ2) is 10.2. The summed E-state index contributed by atoms with van der Waals surface area (Å²) in [5.74, 6) is -1.41. The van der Waals surface area contributed by atoms with Crippen molar-refractivity contribution in [1.82, 2.24) is 15.5 Å². The Balaban J connectivity index is 1.74. The maximum absolute atomic E-state index is 13.1. The van der Waals surface area contributed by atoms with Gasteiger partial charge < -0.3 is 5.32 Å². The Hall–Kier alpha value is -2.55. The molecule has 1 heterocycles. The summed E-state index contributed by atoms with van der Waals surface area (Å²) in [4.78, 5) is 25.6. The molecular formula is C21H19Cl2FN4O2S. The zero-order valence-corrected chi connectivity index (χ0v) is 19.0. The number of rotatable bonds is 7.